The van der Waals surface area contributed by atoms with Crippen molar-refractivity contribution in [3.05, 3.63) is 77.1 Å². The number of imidazole rings is 1. The average molecular weight is 504 g/mol. The van der Waals surface area contributed by atoms with Gasteiger partial charge < -0.3 is 14.6 Å². The number of fused-ring (bicyclic) bond motifs is 3. The highest BCUT2D eigenvalue weighted by atomic mass is 19.2. The molecular formula is C28H23F2N3O4. The van der Waals surface area contributed by atoms with Gasteiger partial charge in [0.1, 0.15) is 23.9 Å². The fraction of sp³-hybridized carbons (Fsp3) is 0.250. The van der Waals surface area contributed by atoms with Crippen molar-refractivity contribution in [3.8, 4) is 17.2 Å². The zero-order valence-electron chi connectivity index (χ0n) is 19.9. The Morgan fingerprint density at radius 1 is 1.14 bits per heavy atom. The Morgan fingerprint density at radius 2 is 1.97 bits per heavy atom. The lowest BCUT2D eigenvalue weighted by molar-refractivity contribution is -0.137. The molecule has 4 aromatic rings. The molecule has 0 aliphatic carbocycles. The quantitative estimate of drug-likeness (QED) is 0.342. The Balaban J connectivity index is 1.32. The van der Waals surface area contributed by atoms with Gasteiger partial charge in [0.15, 0.2) is 11.6 Å². The molecule has 2 unspecified atom stereocenters. The van der Waals surface area contributed by atoms with Crippen LogP contribution in [0.15, 0.2) is 53.5 Å². The molecular weight excluding hydrogens is 480 g/mol. The van der Waals surface area contributed by atoms with Crippen molar-refractivity contribution in [1.82, 2.24) is 9.55 Å². The van der Waals surface area contributed by atoms with Crippen LogP contribution in [0, 0.1) is 11.6 Å². The lowest BCUT2D eigenvalue weighted by atomic mass is 9.98. The summed E-state index contributed by atoms with van der Waals surface area (Å²) in [5, 5.41) is 9.10. The van der Waals surface area contributed by atoms with Gasteiger partial charge in [-0.05, 0) is 12.1 Å². The number of hydrogen-bond donors (Lipinski definition) is 1. The first kappa shape index (κ1) is 23.1. The van der Waals surface area contributed by atoms with Crippen molar-refractivity contribution in [2.75, 3.05) is 13.2 Å². The molecule has 0 saturated heterocycles. The number of rotatable bonds is 6. The van der Waals surface area contributed by atoms with Crippen LogP contribution >= 0.6 is 0 Å². The number of aromatic nitrogens is 2. The Morgan fingerprint density at radius 3 is 2.78 bits per heavy atom. The molecule has 0 saturated carbocycles. The van der Waals surface area contributed by atoms with Crippen LogP contribution in [0.3, 0.4) is 0 Å². The molecule has 2 aliphatic heterocycles. The van der Waals surface area contributed by atoms with Crippen LogP contribution in [0.25, 0.3) is 16.7 Å². The van der Waals surface area contributed by atoms with Gasteiger partial charge in [0, 0.05) is 47.9 Å². The molecule has 0 bridgehead atoms. The molecule has 37 heavy (non-hydrogen) atoms. The van der Waals surface area contributed by atoms with Gasteiger partial charge in [-0.3, -0.25) is 14.4 Å². The van der Waals surface area contributed by atoms with Crippen molar-refractivity contribution in [2.45, 2.75) is 31.6 Å². The standard InChI is InChI=1S/C28H23F2N3O4/c1-2-26-32-22-10-20(29)21(30)11-24(22)33(26)23-5-3-4-19-16(14-37-28(19)23)12-31-17-6-7-18-15(8-27(34)35)13-36-25(18)9-17/h3-7,9-12,15-16H,2,8,13-14H2,1H3,(H,34,35). The van der Waals surface area contributed by atoms with Crippen LogP contribution in [0.4, 0.5) is 14.5 Å². The van der Waals surface area contributed by atoms with E-state index in [9.17, 15) is 13.6 Å². The number of nitrogens with zero attached hydrogens (tertiary/aromatic N) is 3. The lowest BCUT2D eigenvalue weighted by Gasteiger charge is -2.13. The minimum absolute atomic E-state index is 0.0294. The second-order valence-electron chi connectivity index (χ2n) is 9.19. The van der Waals surface area contributed by atoms with E-state index >= 15 is 0 Å². The van der Waals surface area contributed by atoms with Crippen LogP contribution in [-0.2, 0) is 11.2 Å². The summed E-state index contributed by atoms with van der Waals surface area (Å²) in [7, 11) is 0. The van der Waals surface area contributed by atoms with Crippen LogP contribution in [-0.4, -0.2) is 40.1 Å². The Labute approximate surface area is 211 Å². The number of carbonyl (C=O) groups is 1. The van der Waals surface area contributed by atoms with Gasteiger partial charge in [0.25, 0.3) is 0 Å². The lowest BCUT2D eigenvalue weighted by Crippen LogP contribution is -2.07. The minimum atomic E-state index is -0.931. The summed E-state index contributed by atoms with van der Waals surface area (Å²) >= 11 is 0. The topological polar surface area (TPSA) is 85.9 Å². The van der Waals surface area contributed by atoms with E-state index in [4.69, 9.17) is 14.6 Å². The first-order chi connectivity index (χ1) is 17.9. The van der Waals surface area contributed by atoms with Gasteiger partial charge in [-0.15, -0.1) is 0 Å². The number of carboxylic acid groups (broad SMARTS) is 1. The number of benzene rings is 3. The van der Waals surface area contributed by atoms with E-state index in [-0.39, 0.29) is 18.3 Å². The van der Waals surface area contributed by atoms with Gasteiger partial charge in [0.05, 0.1) is 41.4 Å². The second kappa shape index (κ2) is 8.99. The zero-order valence-corrected chi connectivity index (χ0v) is 19.9. The van der Waals surface area contributed by atoms with E-state index in [1.807, 2.05) is 54.1 Å². The first-order valence-electron chi connectivity index (χ1n) is 12.1. The third-order valence-corrected chi connectivity index (χ3v) is 6.86. The predicted octanol–water partition coefficient (Wildman–Crippen LogP) is 5.70. The van der Waals surface area contributed by atoms with Gasteiger partial charge >= 0.3 is 5.97 Å². The van der Waals surface area contributed by atoms with Gasteiger partial charge in [-0.2, -0.15) is 0 Å². The van der Waals surface area contributed by atoms with Crippen molar-refractivity contribution in [1.29, 1.82) is 0 Å². The summed E-state index contributed by atoms with van der Waals surface area (Å²) in [6, 6.07) is 13.6. The number of para-hydroxylation sites is 1. The molecule has 2 atom stereocenters. The fourth-order valence-corrected chi connectivity index (χ4v) is 5.08. The number of hydrogen-bond acceptors (Lipinski definition) is 5. The number of ether oxygens (including phenoxy) is 2. The van der Waals surface area contributed by atoms with Crippen LogP contribution in [0.2, 0.25) is 0 Å². The van der Waals surface area contributed by atoms with E-state index in [0.29, 0.717) is 59.4 Å². The van der Waals surface area contributed by atoms with E-state index in [1.54, 1.807) is 0 Å². The van der Waals surface area contributed by atoms with Crippen molar-refractivity contribution in [3.63, 3.8) is 0 Å². The number of aliphatic imine (C=N–C) groups is 1. The average Bonchev–Trinajstić information content (AvgIpc) is 3.58. The maximum absolute atomic E-state index is 14.1. The number of halogens is 2. The summed E-state index contributed by atoms with van der Waals surface area (Å²) in [6.07, 6.45) is 2.42. The summed E-state index contributed by atoms with van der Waals surface area (Å²) in [4.78, 5) is 20.2. The Hall–Kier alpha value is -4.27. The summed E-state index contributed by atoms with van der Waals surface area (Å²) < 4.78 is 41.6. The highest BCUT2D eigenvalue weighted by Gasteiger charge is 2.29. The summed E-state index contributed by atoms with van der Waals surface area (Å²) in [5.74, 6) is -0.986. The molecule has 3 heterocycles. The highest BCUT2D eigenvalue weighted by Crippen LogP contribution is 2.41. The number of aliphatic carboxylic acids is 1. The monoisotopic (exact) mass is 503 g/mol. The predicted molar refractivity (Wildman–Crippen MR) is 134 cm³/mol. The molecule has 9 heteroatoms. The summed E-state index contributed by atoms with van der Waals surface area (Å²) in [6.45, 7) is 2.67. The second-order valence-corrected chi connectivity index (χ2v) is 9.19. The molecule has 2 aliphatic rings. The number of carboxylic acids is 1. The molecule has 0 fully saturated rings. The molecule has 3 aromatic carbocycles. The molecule has 1 aromatic heterocycles. The van der Waals surface area contributed by atoms with Crippen molar-refractivity contribution in [2.24, 2.45) is 4.99 Å². The Kier molecular flexibility index (Phi) is 5.62. The minimum Gasteiger partial charge on any atom is -0.493 e. The SMILES string of the molecule is CCc1nc2cc(F)c(F)cc2n1-c1cccc2c1OCC2C=Nc1ccc2c(c1)OCC2CC(=O)O. The van der Waals surface area contributed by atoms with E-state index in [0.717, 1.165) is 17.2 Å². The highest BCUT2D eigenvalue weighted by molar-refractivity contribution is 5.81. The van der Waals surface area contributed by atoms with E-state index in [1.165, 1.54) is 6.07 Å². The van der Waals surface area contributed by atoms with Gasteiger partial charge in [-0.1, -0.05) is 25.1 Å². The maximum Gasteiger partial charge on any atom is 0.304 e. The van der Waals surface area contributed by atoms with E-state index < -0.39 is 17.6 Å². The van der Waals surface area contributed by atoms with Crippen LogP contribution in [0.1, 0.15) is 42.1 Å². The van der Waals surface area contributed by atoms with Crippen LogP contribution in [0.5, 0.6) is 11.5 Å². The first-order valence-corrected chi connectivity index (χ1v) is 12.1. The third-order valence-electron chi connectivity index (χ3n) is 6.86. The number of aryl methyl sites for hydroxylation is 1. The molecule has 0 radical (unpaired) electrons. The van der Waals surface area contributed by atoms with E-state index in [2.05, 4.69) is 9.98 Å². The maximum atomic E-state index is 14.1. The zero-order chi connectivity index (χ0) is 25.7. The summed E-state index contributed by atoms with van der Waals surface area (Å²) in [5.41, 5.74) is 4.10. The molecule has 188 valence electrons. The van der Waals surface area contributed by atoms with Gasteiger partial charge in [-0.25, -0.2) is 13.8 Å². The molecule has 1 N–H and O–H groups in total. The van der Waals surface area contributed by atoms with Gasteiger partial charge in [0.2, 0.25) is 0 Å². The molecule has 7 nitrogen and oxygen atoms in total. The molecule has 0 spiro atoms. The van der Waals surface area contributed by atoms with Crippen LogP contribution < -0.4 is 9.47 Å². The smallest absolute Gasteiger partial charge is 0.304 e. The van der Waals surface area contributed by atoms with Crippen molar-refractivity contribution >= 4 is 28.9 Å². The molecule has 6 rings (SSSR count). The normalized spacial score (nSPS) is 18.1. The molecule has 0 amide bonds. The third kappa shape index (κ3) is 4.00. The fourth-order valence-electron chi connectivity index (χ4n) is 5.08. The largest absolute Gasteiger partial charge is 0.493 e. The Bertz CT molecular complexity index is 1580. The van der Waals surface area contributed by atoms with Crippen molar-refractivity contribution < 1.29 is 28.2 Å².